The summed E-state index contributed by atoms with van der Waals surface area (Å²) < 4.78 is 13.4. The smallest absolute Gasteiger partial charge is 0.303 e. The molecule has 2 nitrogen and oxygen atoms in total. The summed E-state index contributed by atoms with van der Waals surface area (Å²) >= 11 is 8.89. The summed E-state index contributed by atoms with van der Waals surface area (Å²) in [5, 5.41) is 8.90. The maximum absolute atomic E-state index is 13.1. The van der Waals surface area contributed by atoms with E-state index in [0.29, 0.717) is 27.9 Å². The molecule has 1 aromatic carbocycles. The number of carboxylic acid groups (broad SMARTS) is 1. The summed E-state index contributed by atoms with van der Waals surface area (Å²) in [4.78, 5) is 10.3. The van der Waals surface area contributed by atoms with Crippen molar-refractivity contribution in [2.24, 2.45) is 0 Å². The summed E-state index contributed by atoms with van der Waals surface area (Å²) in [6.45, 7) is 0. The minimum atomic E-state index is -0.858. The summed E-state index contributed by atoms with van der Waals surface area (Å²) in [6.07, 6.45) is 0.986. The summed E-state index contributed by atoms with van der Waals surface area (Å²) in [7, 11) is 0. The first-order valence-electron chi connectivity index (χ1n) is 4.36. The SMILES string of the molecule is O=C(O)CCCc1cc(F)c(Br)cc1Cl. The molecular weight excluding hydrogens is 286 g/mol. The Balaban J connectivity index is 2.69. The average molecular weight is 296 g/mol. The van der Waals surface area contributed by atoms with Crippen LogP contribution in [0.4, 0.5) is 4.39 Å². The van der Waals surface area contributed by atoms with Crippen molar-refractivity contribution in [3.63, 3.8) is 0 Å². The van der Waals surface area contributed by atoms with Crippen LogP contribution in [0.5, 0.6) is 0 Å². The second-order valence-corrected chi connectivity index (χ2v) is 4.37. The van der Waals surface area contributed by atoms with Gasteiger partial charge in [0.1, 0.15) is 5.82 Å². The molecule has 0 radical (unpaired) electrons. The number of hydrogen-bond acceptors (Lipinski definition) is 1. The molecule has 1 rings (SSSR count). The van der Waals surface area contributed by atoms with E-state index in [1.807, 2.05) is 0 Å². The van der Waals surface area contributed by atoms with E-state index in [-0.39, 0.29) is 12.2 Å². The van der Waals surface area contributed by atoms with Crippen LogP contribution in [-0.4, -0.2) is 11.1 Å². The van der Waals surface area contributed by atoms with Gasteiger partial charge in [-0.3, -0.25) is 4.79 Å². The highest BCUT2D eigenvalue weighted by molar-refractivity contribution is 9.10. The maximum atomic E-state index is 13.1. The van der Waals surface area contributed by atoms with E-state index >= 15 is 0 Å². The van der Waals surface area contributed by atoms with Crippen LogP contribution in [0, 0.1) is 5.82 Å². The molecule has 0 aromatic heterocycles. The molecule has 0 saturated heterocycles. The molecule has 0 spiro atoms. The zero-order valence-electron chi connectivity index (χ0n) is 7.77. The van der Waals surface area contributed by atoms with Crippen molar-refractivity contribution >= 4 is 33.5 Å². The first kappa shape index (κ1) is 12.5. The first-order chi connectivity index (χ1) is 7.00. The molecule has 1 aromatic rings. The van der Waals surface area contributed by atoms with E-state index in [1.165, 1.54) is 12.1 Å². The van der Waals surface area contributed by atoms with Crippen molar-refractivity contribution in [1.29, 1.82) is 0 Å². The van der Waals surface area contributed by atoms with Crippen molar-refractivity contribution in [3.8, 4) is 0 Å². The number of aliphatic carboxylic acids is 1. The van der Waals surface area contributed by atoms with Gasteiger partial charge in [-0.2, -0.15) is 0 Å². The Labute approximate surface area is 100 Å². The van der Waals surface area contributed by atoms with Gasteiger partial charge in [-0.1, -0.05) is 11.6 Å². The van der Waals surface area contributed by atoms with Crippen molar-refractivity contribution in [1.82, 2.24) is 0 Å². The zero-order chi connectivity index (χ0) is 11.4. The number of hydrogen-bond donors (Lipinski definition) is 1. The van der Waals surface area contributed by atoms with Crippen LogP contribution < -0.4 is 0 Å². The Morgan fingerprint density at radius 2 is 2.20 bits per heavy atom. The summed E-state index contributed by atoms with van der Waals surface area (Å²) in [5.41, 5.74) is 0.638. The predicted molar refractivity (Wildman–Crippen MR) is 59.7 cm³/mol. The second kappa shape index (κ2) is 5.47. The maximum Gasteiger partial charge on any atom is 0.303 e. The van der Waals surface area contributed by atoms with Gasteiger partial charge in [0.2, 0.25) is 0 Å². The molecule has 0 aliphatic heterocycles. The van der Waals surface area contributed by atoms with Gasteiger partial charge in [0.05, 0.1) is 4.47 Å². The molecule has 0 atom stereocenters. The predicted octanol–water partition coefficient (Wildman–Crippen LogP) is 3.65. The van der Waals surface area contributed by atoms with Crippen molar-refractivity contribution in [2.45, 2.75) is 19.3 Å². The fourth-order valence-electron chi connectivity index (χ4n) is 1.19. The highest BCUT2D eigenvalue weighted by Crippen LogP contribution is 2.25. The van der Waals surface area contributed by atoms with Crippen LogP contribution in [0.1, 0.15) is 18.4 Å². The van der Waals surface area contributed by atoms with E-state index < -0.39 is 5.97 Å². The topological polar surface area (TPSA) is 37.3 Å². The average Bonchev–Trinajstić information content (AvgIpc) is 2.13. The fraction of sp³-hybridized carbons (Fsp3) is 0.300. The van der Waals surface area contributed by atoms with E-state index in [1.54, 1.807) is 0 Å². The molecule has 5 heteroatoms. The Morgan fingerprint density at radius 1 is 1.53 bits per heavy atom. The lowest BCUT2D eigenvalue weighted by atomic mass is 10.1. The van der Waals surface area contributed by atoms with Crippen LogP contribution in [0.15, 0.2) is 16.6 Å². The third-order valence-corrected chi connectivity index (χ3v) is 2.89. The molecule has 0 bridgehead atoms. The summed E-state index contributed by atoms with van der Waals surface area (Å²) in [5.74, 6) is -1.24. The molecule has 15 heavy (non-hydrogen) atoms. The zero-order valence-corrected chi connectivity index (χ0v) is 10.1. The van der Waals surface area contributed by atoms with Gasteiger partial charge in [0.25, 0.3) is 0 Å². The minimum absolute atomic E-state index is 0.0635. The number of aryl methyl sites for hydroxylation is 1. The molecular formula is C10H9BrClFO2. The van der Waals surface area contributed by atoms with Gasteiger partial charge >= 0.3 is 5.97 Å². The van der Waals surface area contributed by atoms with Crippen LogP contribution in [0.2, 0.25) is 5.02 Å². The number of carbonyl (C=O) groups is 1. The van der Waals surface area contributed by atoms with Crippen LogP contribution in [0.25, 0.3) is 0 Å². The third-order valence-electron chi connectivity index (χ3n) is 1.93. The van der Waals surface area contributed by atoms with Gasteiger partial charge < -0.3 is 5.11 Å². The summed E-state index contributed by atoms with van der Waals surface area (Å²) in [6, 6.07) is 2.81. The lowest BCUT2D eigenvalue weighted by Gasteiger charge is -2.04. The Hall–Kier alpha value is -0.610. The normalized spacial score (nSPS) is 10.3. The monoisotopic (exact) mass is 294 g/mol. The number of halogens is 3. The van der Waals surface area contributed by atoms with E-state index in [4.69, 9.17) is 16.7 Å². The molecule has 1 N–H and O–H groups in total. The van der Waals surface area contributed by atoms with Gasteiger partial charge in [0.15, 0.2) is 0 Å². The fourth-order valence-corrected chi connectivity index (χ4v) is 1.92. The van der Waals surface area contributed by atoms with E-state index in [0.717, 1.165) is 0 Å². The molecule has 0 saturated carbocycles. The van der Waals surface area contributed by atoms with E-state index in [9.17, 15) is 9.18 Å². The Bertz CT molecular complexity index is 382. The minimum Gasteiger partial charge on any atom is -0.481 e. The van der Waals surface area contributed by atoms with Gasteiger partial charge in [-0.25, -0.2) is 4.39 Å². The Kier molecular flexibility index (Phi) is 4.54. The van der Waals surface area contributed by atoms with Crippen molar-refractivity contribution in [2.75, 3.05) is 0 Å². The third kappa shape index (κ3) is 3.80. The molecule has 0 amide bonds. The first-order valence-corrected chi connectivity index (χ1v) is 5.53. The number of benzene rings is 1. The highest BCUT2D eigenvalue weighted by atomic mass is 79.9. The highest BCUT2D eigenvalue weighted by Gasteiger charge is 2.07. The molecule has 0 unspecified atom stereocenters. The van der Waals surface area contributed by atoms with Crippen LogP contribution >= 0.6 is 27.5 Å². The Morgan fingerprint density at radius 3 is 2.80 bits per heavy atom. The molecule has 0 aliphatic carbocycles. The quantitative estimate of drug-likeness (QED) is 0.861. The number of rotatable bonds is 4. The largest absolute Gasteiger partial charge is 0.481 e. The molecule has 82 valence electrons. The number of carboxylic acids is 1. The van der Waals surface area contributed by atoms with E-state index in [2.05, 4.69) is 15.9 Å². The van der Waals surface area contributed by atoms with Gasteiger partial charge in [0, 0.05) is 11.4 Å². The van der Waals surface area contributed by atoms with Crippen molar-refractivity contribution in [3.05, 3.63) is 33.0 Å². The molecule has 0 fully saturated rings. The van der Waals surface area contributed by atoms with Crippen molar-refractivity contribution < 1.29 is 14.3 Å². The lowest BCUT2D eigenvalue weighted by molar-refractivity contribution is -0.137. The molecule has 0 aliphatic rings. The van der Waals surface area contributed by atoms with Crippen LogP contribution in [0.3, 0.4) is 0 Å². The van der Waals surface area contributed by atoms with Gasteiger partial charge in [-0.15, -0.1) is 0 Å². The van der Waals surface area contributed by atoms with Gasteiger partial charge in [-0.05, 0) is 46.5 Å². The standard InChI is InChI=1S/C10H9BrClFO2/c11-7-5-8(12)6(4-9(7)13)2-1-3-10(14)15/h4-5H,1-3H2,(H,14,15). The second-order valence-electron chi connectivity index (χ2n) is 3.11. The molecule has 0 heterocycles. The lowest BCUT2D eigenvalue weighted by Crippen LogP contribution is -1.97. The van der Waals surface area contributed by atoms with Crippen LogP contribution in [-0.2, 0) is 11.2 Å².